The van der Waals surface area contributed by atoms with Crippen molar-refractivity contribution < 1.29 is 14.3 Å². The third-order valence-corrected chi connectivity index (χ3v) is 5.79. The monoisotopic (exact) mass is 455 g/mol. The summed E-state index contributed by atoms with van der Waals surface area (Å²) in [5, 5.41) is 0. The number of nitrogens with zero attached hydrogens (tertiary/aromatic N) is 3. The molecule has 0 saturated heterocycles. The van der Waals surface area contributed by atoms with Crippen molar-refractivity contribution in [3.8, 4) is 0 Å². The van der Waals surface area contributed by atoms with Gasteiger partial charge in [-0.05, 0) is 48.6 Å². The van der Waals surface area contributed by atoms with Gasteiger partial charge < -0.3 is 19.1 Å². The number of hydrogen-bond acceptors (Lipinski definition) is 3. The molecule has 2 amide bonds. The summed E-state index contributed by atoms with van der Waals surface area (Å²) in [6, 6.07) is 11.8. The predicted molar refractivity (Wildman–Crippen MR) is 133 cm³/mol. The number of carbonyl (C=O) groups is 2. The zero-order chi connectivity index (χ0) is 24.2. The van der Waals surface area contributed by atoms with Crippen LogP contribution in [0.15, 0.2) is 42.6 Å². The number of amides is 2. The molecule has 0 fully saturated rings. The number of aromatic nitrogens is 1. The lowest BCUT2D eigenvalue weighted by atomic mass is 10.0. The number of unbranched alkanes of at least 4 members (excludes halogenated alkanes) is 2. The summed E-state index contributed by atoms with van der Waals surface area (Å²) in [7, 11) is 3.60. The molecule has 0 N–H and O–H groups in total. The second-order valence-corrected chi connectivity index (χ2v) is 9.15. The minimum Gasteiger partial charge on any atom is -0.383 e. The van der Waals surface area contributed by atoms with Gasteiger partial charge in [-0.25, -0.2) is 0 Å². The van der Waals surface area contributed by atoms with Crippen molar-refractivity contribution in [2.75, 3.05) is 33.4 Å². The highest BCUT2D eigenvalue weighted by Gasteiger charge is 2.23. The molecule has 0 bridgehead atoms. The summed E-state index contributed by atoms with van der Waals surface area (Å²) in [6.45, 7) is 8.34. The van der Waals surface area contributed by atoms with Crippen LogP contribution in [0, 0.1) is 5.92 Å². The Labute approximate surface area is 199 Å². The highest BCUT2D eigenvalue weighted by Crippen LogP contribution is 2.13. The Bertz CT molecular complexity index is 858. The number of rotatable bonds is 14. The molecule has 182 valence electrons. The maximum Gasteiger partial charge on any atom is 0.254 e. The maximum atomic E-state index is 13.3. The fraction of sp³-hybridized carbons (Fsp3) is 0.556. The normalized spacial score (nSPS) is 11.1. The number of ether oxygens (including phenoxy) is 1. The first-order chi connectivity index (χ1) is 15.8. The Balaban J connectivity index is 2.12. The average Bonchev–Trinajstić information content (AvgIpc) is 3.20. The van der Waals surface area contributed by atoms with E-state index in [1.165, 1.54) is 18.4 Å². The average molecular weight is 456 g/mol. The van der Waals surface area contributed by atoms with Gasteiger partial charge in [0.1, 0.15) is 6.54 Å². The summed E-state index contributed by atoms with van der Waals surface area (Å²) < 4.78 is 7.23. The van der Waals surface area contributed by atoms with Crippen LogP contribution in [0.3, 0.4) is 0 Å². The second kappa shape index (κ2) is 13.8. The van der Waals surface area contributed by atoms with Crippen LogP contribution in [-0.4, -0.2) is 59.5 Å². The molecule has 0 atom stereocenters. The molecule has 0 unspecified atom stereocenters. The number of aryl methyl sites for hydroxylation is 2. The zero-order valence-electron chi connectivity index (χ0n) is 21.0. The van der Waals surface area contributed by atoms with Crippen molar-refractivity contribution in [2.45, 2.75) is 53.0 Å². The standard InChI is InChI=1S/C27H41N3O3/c1-6-7-8-10-23-12-14-24(15-13-23)27(32)30(19-22(2)3)21-26(31)29(17-18-33-5)20-25-11-9-16-28(25)4/h9,11-16,22H,6-8,10,17-21H2,1-5H3. The van der Waals surface area contributed by atoms with E-state index in [-0.39, 0.29) is 24.3 Å². The topological polar surface area (TPSA) is 54.8 Å². The van der Waals surface area contributed by atoms with Gasteiger partial charge in [0, 0.05) is 44.7 Å². The fourth-order valence-corrected chi connectivity index (χ4v) is 3.85. The lowest BCUT2D eigenvalue weighted by Gasteiger charge is -2.29. The minimum atomic E-state index is -0.0947. The van der Waals surface area contributed by atoms with E-state index in [0.717, 1.165) is 18.5 Å². The van der Waals surface area contributed by atoms with E-state index >= 15 is 0 Å². The quantitative estimate of drug-likeness (QED) is 0.393. The molecule has 1 heterocycles. The van der Waals surface area contributed by atoms with Crippen molar-refractivity contribution in [3.05, 3.63) is 59.4 Å². The molecule has 0 aliphatic rings. The number of hydrogen-bond donors (Lipinski definition) is 0. The SMILES string of the molecule is CCCCCc1ccc(C(=O)N(CC(=O)N(CCOC)Cc2cccn2C)CC(C)C)cc1. The number of benzene rings is 1. The molecule has 0 radical (unpaired) electrons. The van der Waals surface area contributed by atoms with Gasteiger partial charge in [0.2, 0.25) is 5.91 Å². The zero-order valence-corrected chi connectivity index (χ0v) is 21.0. The van der Waals surface area contributed by atoms with Crippen molar-refractivity contribution in [1.82, 2.24) is 14.4 Å². The van der Waals surface area contributed by atoms with Crippen LogP contribution < -0.4 is 0 Å². The van der Waals surface area contributed by atoms with E-state index in [1.54, 1.807) is 16.9 Å². The van der Waals surface area contributed by atoms with Crippen molar-refractivity contribution in [3.63, 3.8) is 0 Å². The highest BCUT2D eigenvalue weighted by atomic mass is 16.5. The molecule has 0 saturated carbocycles. The van der Waals surface area contributed by atoms with Gasteiger partial charge in [0.15, 0.2) is 0 Å². The summed E-state index contributed by atoms with van der Waals surface area (Å²) in [6.07, 6.45) is 6.57. The third kappa shape index (κ3) is 8.69. The van der Waals surface area contributed by atoms with Gasteiger partial charge in [0.05, 0.1) is 13.2 Å². The smallest absolute Gasteiger partial charge is 0.254 e. The van der Waals surface area contributed by atoms with Crippen LogP contribution in [0.25, 0.3) is 0 Å². The Morgan fingerprint density at radius 2 is 1.79 bits per heavy atom. The molecule has 0 spiro atoms. The van der Waals surface area contributed by atoms with Gasteiger partial charge >= 0.3 is 0 Å². The highest BCUT2D eigenvalue weighted by molar-refractivity contribution is 5.96. The van der Waals surface area contributed by atoms with Crippen LogP contribution in [0.4, 0.5) is 0 Å². The molecule has 0 aliphatic carbocycles. The second-order valence-electron chi connectivity index (χ2n) is 9.15. The minimum absolute atomic E-state index is 0.0589. The van der Waals surface area contributed by atoms with E-state index in [4.69, 9.17) is 4.74 Å². The summed E-state index contributed by atoms with van der Waals surface area (Å²) in [4.78, 5) is 30.1. The van der Waals surface area contributed by atoms with Crippen LogP contribution >= 0.6 is 0 Å². The molecule has 1 aromatic carbocycles. The van der Waals surface area contributed by atoms with Crippen molar-refractivity contribution in [2.24, 2.45) is 13.0 Å². The Hall–Kier alpha value is -2.60. The molecular formula is C27H41N3O3. The number of methoxy groups -OCH3 is 1. The Morgan fingerprint density at radius 1 is 1.06 bits per heavy atom. The molecule has 6 heteroatoms. The number of carbonyl (C=O) groups excluding carboxylic acids is 2. The van der Waals surface area contributed by atoms with E-state index in [1.807, 2.05) is 54.2 Å². The van der Waals surface area contributed by atoms with Gasteiger partial charge in [-0.2, -0.15) is 0 Å². The molecular weight excluding hydrogens is 414 g/mol. The van der Waals surface area contributed by atoms with Gasteiger partial charge in [0.25, 0.3) is 5.91 Å². The van der Waals surface area contributed by atoms with Crippen LogP contribution in [0.2, 0.25) is 0 Å². The summed E-state index contributed by atoms with van der Waals surface area (Å²) in [5.41, 5.74) is 2.92. The lowest BCUT2D eigenvalue weighted by molar-refractivity contribution is -0.133. The molecule has 33 heavy (non-hydrogen) atoms. The van der Waals surface area contributed by atoms with E-state index < -0.39 is 0 Å². The van der Waals surface area contributed by atoms with Crippen LogP contribution in [0.5, 0.6) is 0 Å². The largest absolute Gasteiger partial charge is 0.383 e. The van der Waals surface area contributed by atoms with E-state index in [0.29, 0.717) is 31.8 Å². The van der Waals surface area contributed by atoms with Gasteiger partial charge in [-0.1, -0.05) is 45.7 Å². The fourth-order valence-electron chi connectivity index (χ4n) is 3.85. The predicted octanol–water partition coefficient (Wildman–Crippen LogP) is 4.53. The van der Waals surface area contributed by atoms with Crippen LogP contribution in [-0.2, 0) is 29.5 Å². The lowest BCUT2D eigenvalue weighted by Crippen LogP contribution is -2.45. The molecule has 1 aromatic heterocycles. The molecule has 6 nitrogen and oxygen atoms in total. The third-order valence-electron chi connectivity index (χ3n) is 5.79. The van der Waals surface area contributed by atoms with E-state index in [9.17, 15) is 9.59 Å². The van der Waals surface area contributed by atoms with Crippen LogP contribution in [0.1, 0.15) is 61.6 Å². The van der Waals surface area contributed by atoms with Gasteiger partial charge in [-0.3, -0.25) is 9.59 Å². The maximum absolute atomic E-state index is 13.3. The Kier molecular flexibility index (Phi) is 11.2. The Morgan fingerprint density at radius 3 is 2.36 bits per heavy atom. The van der Waals surface area contributed by atoms with Crippen molar-refractivity contribution in [1.29, 1.82) is 0 Å². The molecule has 2 aromatic rings. The summed E-state index contributed by atoms with van der Waals surface area (Å²) in [5.74, 6) is 0.0940. The summed E-state index contributed by atoms with van der Waals surface area (Å²) >= 11 is 0. The van der Waals surface area contributed by atoms with E-state index in [2.05, 4.69) is 20.8 Å². The molecule has 2 rings (SSSR count). The van der Waals surface area contributed by atoms with Crippen molar-refractivity contribution >= 4 is 11.8 Å². The first-order valence-corrected chi connectivity index (χ1v) is 12.1. The first-order valence-electron chi connectivity index (χ1n) is 12.1. The first kappa shape index (κ1) is 26.7. The van der Waals surface area contributed by atoms with Gasteiger partial charge in [-0.15, -0.1) is 0 Å². The molecule has 0 aliphatic heterocycles.